The van der Waals surface area contributed by atoms with Crippen LogP contribution in [0.2, 0.25) is 0 Å². The van der Waals surface area contributed by atoms with Gasteiger partial charge in [-0.1, -0.05) is 15.9 Å². The van der Waals surface area contributed by atoms with E-state index < -0.39 is 0 Å². The summed E-state index contributed by atoms with van der Waals surface area (Å²) in [5.74, 6) is 1.87. The summed E-state index contributed by atoms with van der Waals surface area (Å²) in [6.45, 7) is 4.94. The van der Waals surface area contributed by atoms with E-state index in [-0.39, 0.29) is 0 Å². The fourth-order valence-corrected chi connectivity index (χ4v) is 2.05. The molecule has 1 aromatic rings. The molecule has 0 bridgehead atoms. The van der Waals surface area contributed by atoms with E-state index in [0.717, 1.165) is 40.2 Å². The molecule has 0 unspecified atom stereocenters. The fraction of sp³-hybridized carbons (Fsp3) is 0.538. The first kappa shape index (κ1) is 14.3. The van der Waals surface area contributed by atoms with Crippen molar-refractivity contribution in [1.82, 2.24) is 4.90 Å². The summed E-state index contributed by atoms with van der Waals surface area (Å²) >= 11 is 3.44. The smallest absolute Gasteiger partial charge is 0.126 e. The van der Waals surface area contributed by atoms with Crippen molar-refractivity contribution >= 4 is 15.9 Å². The average molecular weight is 302 g/mol. The Morgan fingerprint density at radius 2 is 1.82 bits per heavy atom. The zero-order valence-electron chi connectivity index (χ0n) is 11.1. The van der Waals surface area contributed by atoms with Gasteiger partial charge >= 0.3 is 0 Å². The Morgan fingerprint density at radius 3 is 2.29 bits per heavy atom. The summed E-state index contributed by atoms with van der Waals surface area (Å²) in [7, 11) is 5.47. The Balaban J connectivity index is 3.22. The maximum atomic E-state index is 5.50. The molecule has 0 radical (unpaired) electrons. The number of benzene rings is 1. The molecule has 0 amide bonds. The highest BCUT2D eigenvalue weighted by atomic mass is 79.9. The summed E-state index contributed by atoms with van der Waals surface area (Å²) in [6.07, 6.45) is 0. The van der Waals surface area contributed by atoms with Gasteiger partial charge in [-0.3, -0.25) is 4.90 Å². The molecule has 96 valence electrons. The van der Waals surface area contributed by atoms with Gasteiger partial charge in [0.2, 0.25) is 0 Å². The molecule has 3 nitrogen and oxygen atoms in total. The third kappa shape index (κ3) is 3.13. The quantitative estimate of drug-likeness (QED) is 0.616. The Kier molecular flexibility index (Phi) is 5.28. The molecule has 1 aromatic carbocycles. The van der Waals surface area contributed by atoms with Crippen molar-refractivity contribution in [3.05, 3.63) is 22.8 Å². The lowest BCUT2D eigenvalue weighted by Crippen LogP contribution is -2.16. The van der Waals surface area contributed by atoms with Crippen molar-refractivity contribution in [1.29, 1.82) is 0 Å². The van der Waals surface area contributed by atoms with E-state index in [1.807, 2.05) is 0 Å². The SMILES string of the molecule is COc1cc(CN(C)CBr)c(OC)c(C)c1C. The average Bonchev–Trinajstić information content (AvgIpc) is 2.33. The van der Waals surface area contributed by atoms with E-state index in [4.69, 9.17) is 9.47 Å². The third-order valence-electron chi connectivity index (χ3n) is 2.94. The normalized spacial score (nSPS) is 10.8. The fourth-order valence-electron chi connectivity index (χ4n) is 1.87. The number of hydrogen-bond donors (Lipinski definition) is 0. The Hall–Kier alpha value is -0.740. The Labute approximate surface area is 112 Å². The van der Waals surface area contributed by atoms with E-state index in [1.165, 1.54) is 0 Å². The van der Waals surface area contributed by atoms with Crippen LogP contribution in [0.25, 0.3) is 0 Å². The van der Waals surface area contributed by atoms with Crippen molar-refractivity contribution in [3.63, 3.8) is 0 Å². The van der Waals surface area contributed by atoms with Crippen molar-refractivity contribution in [3.8, 4) is 11.5 Å². The molecule has 0 fully saturated rings. The second kappa shape index (κ2) is 6.26. The maximum Gasteiger partial charge on any atom is 0.126 e. The van der Waals surface area contributed by atoms with E-state index >= 15 is 0 Å². The molecule has 0 spiro atoms. The molecule has 0 aliphatic carbocycles. The predicted molar refractivity (Wildman–Crippen MR) is 74.3 cm³/mol. The summed E-state index contributed by atoms with van der Waals surface area (Å²) in [6, 6.07) is 2.06. The maximum absolute atomic E-state index is 5.50. The van der Waals surface area contributed by atoms with Crippen molar-refractivity contribution in [2.75, 3.05) is 26.7 Å². The van der Waals surface area contributed by atoms with E-state index in [9.17, 15) is 0 Å². The lowest BCUT2D eigenvalue weighted by Gasteiger charge is -2.20. The lowest BCUT2D eigenvalue weighted by atomic mass is 10.0. The predicted octanol–water partition coefficient (Wildman–Crippen LogP) is 3.10. The van der Waals surface area contributed by atoms with Crippen LogP contribution >= 0.6 is 15.9 Å². The minimum Gasteiger partial charge on any atom is -0.496 e. The first-order chi connectivity index (χ1) is 8.04. The third-order valence-corrected chi connectivity index (χ3v) is 3.79. The van der Waals surface area contributed by atoms with Gasteiger partial charge in [0.05, 0.1) is 19.7 Å². The second-order valence-electron chi connectivity index (χ2n) is 4.15. The number of rotatable bonds is 5. The Bertz CT molecular complexity index is 393. The zero-order valence-corrected chi connectivity index (χ0v) is 12.7. The van der Waals surface area contributed by atoms with Crippen LogP contribution < -0.4 is 9.47 Å². The molecular formula is C13H20BrNO2. The van der Waals surface area contributed by atoms with Crippen molar-refractivity contribution < 1.29 is 9.47 Å². The molecule has 0 saturated carbocycles. The van der Waals surface area contributed by atoms with Crippen LogP contribution in [0.3, 0.4) is 0 Å². The minimum absolute atomic E-state index is 0.825. The van der Waals surface area contributed by atoms with Gasteiger partial charge in [0, 0.05) is 12.1 Å². The van der Waals surface area contributed by atoms with Gasteiger partial charge in [0.25, 0.3) is 0 Å². The van der Waals surface area contributed by atoms with Crippen molar-refractivity contribution in [2.45, 2.75) is 20.4 Å². The molecule has 0 aromatic heterocycles. The number of halogens is 1. The van der Waals surface area contributed by atoms with Crippen LogP contribution in [0.5, 0.6) is 11.5 Å². The highest BCUT2D eigenvalue weighted by Gasteiger charge is 2.14. The zero-order chi connectivity index (χ0) is 13.0. The molecule has 1 rings (SSSR count). The van der Waals surface area contributed by atoms with Gasteiger partial charge in [0.1, 0.15) is 11.5 Å². The van der Waals surface area contributed by atoms with Crippen LogP contribution in [0, 0.1) is 13.8 Å². The second-order valence-corrected chi connectivity index (χ2v) is 4.66. The number of ether oxygens (including phenoxy) is 2. The highest BCUT2D eigenvalue weighted by molar-refractivity contribution is 9.09. The molecular weight excluding hydrogens is 282 g/mol. The molecule has 0 saturated heterocycles. The molecule has 0 atom stereocenters. The first-order valence-corrected chi connectivity index (χ1v) is 6.62. The first-order valence-electron chi connectivity index (χ1n) is 5.50. The number of alkyl halides is 1. The van der Waals surface area contributed by atoms with Gasteiger partial charge in [-0.25, -0.2) is 0 Å². The summed E-state index contributed by atoms with van der Waals surface area (Å²) in [5.41, 5.74) is 4.25. The molecule has 0 N–H and O–H groups in total. The topological polar surface area (TPSA) is 21.7 Å². The monoisotopic (exact) mass is 301 g/mol. The van der Waals surface area contributed by atoms with Gasteiger partial charge in [-0.2, -0.15) is 0 Å². The van der Waals surface area contributed by atoms with Gasteiger partial charge in [-0.05, 0) is 38.1 Å². The van der Waals surface area contributed by atoms with Gasteiger partial charge in [-0.15, -0.1) is 0 Å². The molecule has 0 heterocycles. The van der Waals surface area contributed by atoms with E-state index in [1.54, 1.807) is 14.2 Å². The summed E-state index contributed by atoms with van der Waals surface area (Å²) in [4.78, 5) is 2.16. The molecule has 17 heavy (non-hydrogen) atoms. The highest BCUT2D eigenvalue weighted by Crippen LogP contribution is 2.33. The van der Waals surface area contributed by atoms with Crippen LogP contribution in [-0.4, -0.2) is 31.6 Å². The van der Waals surface area contributed by atoms with Gasteiger partial charge < -0.3 is 9.47 Å². The van der Waals surface area contributed by atoms with Crippen LogP contribution in [0.1, 0.15) is 16.7 Å². The number of methoxy groups -OCH3 is 2. The Morgan fingerprint density at radius 1 is 1.18 bits per heavy atom. The van der Waals surface area contributed by atoms with Crippen LogP contribution in [0.15, 0.2) is 6.07 Å². The summed E-state index contributed by atoms with van der Waals surface area (Å²) in [5, 5.41) is 0. The summed E-state index contributed by atoms with van der Waals surface area (Å²) < 4.78 is 10.9. The van der Waals surface area contributed by atoms with Crippen molar-refractivity contribution in [2.24, 2.45) is 0 Å². The number of hydrogen-bond acceptors (Lipinski definition) is 3. The van der Waals surface area contributed by atoms with E-state index in [0.29, 0.717) is 0 Å². The number of nitrogens with zero attached hydrogens (tertiary/aromatic N) is 1. The van der Waals surface area contributed by atoms with Crippen LogP contribution in [0.4, 0.5) is 0 Å². The molecule has 4 heteroatoms. The standard InChI is InChI=1S/C13H20BrNO2/c1-9-10(2)13(17-5)11(6-12(9)16-4)7-15(3)8-14/h6H,7-8H2,1-5H3. The molecule has 0 aliphatic rings. The van der Waals surface area contributed by atoms with Crippen LogP contribution in [-0.2, 0) is 6.54 Å². The van der Waals surface area contributed by atoms with Gasteiger partial charge in [0.15, 0.2) is 0 Å². The minimum atomic E-state index is 0.825. The lowest BCUT2D eigenvalue weighted by molar-refractivity contribution is 0.358. The van der Waals surface area contributed by atoms with E-state index in [2.05, 4.69) is 47.8 Å². The molecule has 0 aliphatic heterocycles. The largest absolute Gasteiger partial charge is 0.496 e.